The molecule has 3 nitrogen and oxygen atoms in total. The Kier molecular flexibility index (Phi) is 9.52. The summed E-state index contributed by atoms with van der Waals surface area (Å²) in [5.41, 5.74) is 14.8. The van der Waals surface area contributed by atoms with Crippen LogP contribution in [-0.4, -0.2) is 26.5 Å². The van der Waals surface area contributed by atoms with Crippen molar-refractivity contribution in [1.29, 1.82) is 0 Å². The molecule has 0 bridgehead atoms. The molecule has 1 aliphatic heterocycles. The Morgan fingerprint density at radius 1 is 0.609 bits per heavy atom. The quantitative estimate of drug-likeness (QED) is 0.163. The number of fused-ring (bicyclic) bond motifs is 3. The van der Waals surface area contributed by atoms with Crippen LogP contribution in [0.25, 0.3) is 11.1 Å². The van der Waals surface area contributed by atoms with Crippen molar-refractivity contribution < 1.29 is 11.9 Å². The third-order valence-electron chi connectivity index (χ3n) is 8.44. The fourth-order valence-corrected chi connectivity index (χ4v) is 14.9. The second kappa shape index (κ2) is 13.3. The summed E-state index contributed by atoms with van der Waals surface area (Å²) in [5, 5.41) is 0. The number of benzene rings is 4. The van der Waals surface area contributed by atoms with Crippen LogP contribution in [0.1, 0.15) is 44.5 Å². The number of halogens is 3. The van der Waals surface area contributed by atoms with Crippen LogP contribution >= 0.6 is 35.3 Å². The number of hydrogen-bond acceptors (Lipinski definition) is 3. The van der Waals surface area contributed by atoms with Crippen LogP contribution < -0.4 is 9.80 Å². The first-order valence-corrected chi connectivity index (χ1v) is 22.3. The molecule has 5 aromatic rings. The van der Waals surface area contributed by atoms with Gasteiger partial charge < -0.3 is 0 Å². The van der Waals surface area contributed by atoms with Crippen LogP contribution in [0.3, 0.4) is 0 Å². The van der Waals surface area contributed by atoms with E-state index in [1.165, 1.54) is 67.0 Å². The van der Waals surface area contributed by atoms with E-state index in [2.05, 4.69) is 145 Å². The Bertz CT molecular complexity index is 1930. The van der Waals surface area contributed by atoms with Crippen LogP contribution in [0.2, 0.25) is 0 Å². The molecule has 0 amide bonds. The van der Waals surface area contributed by atoms with Gasteiger partial charge in [0.05, 0.1) is 0 Å². The van der Waals surface area contributed by atoms with Gasteiger partial charge in [0.25, 0.3) is 0 Å². The van der Waals surface area contributed by atoms with Gasteiger partial charge in [-0.1, -0.05) is 0 Å². The number of rotatable bonds is 2. The van der Waals surface area contributed by atoms with Gasteiger partial charge in [-0.05, 0) is 28.1 Å². The number of aryl methyl sites for hydroxylation is 6. The molecule has 0 spiro atoms. The van der Waals surface area contributed by atoms with Gasteiger partial charge in [-0.15, -0.1) is 0 Å². The van der Waals surface area contributed by atoms with Crippen molar-refractivity contribution in [2.45, 2.75) is 41.5 Å². The molecule has 7 heteroatoms. The molecule has 2 aliphatic rings. The predicted molar refractivity (Wildman–Crippen MR) is 200 cm³/mol. The van der Waals surface area contributed by atoms with Crippen molar-refractivity contribution in [2.24, 2.45) is 0 Å². The van der Waals surface area contributed by atoms with E-state index in [0.29, 0.717) is 0 Å². The number of aromatic nitrogens is 1. The summed E-state index contributed by atoms with van der Waals surface area (Å²) in [6.07, 6.45) is 3.49. The zero-order valence-corrected chi connectivity index (χ0v) is 31.8. The monoisotopic (exact) mass is 799 g/mol. The normalized spacial score (nSPS) is 14.2. The topological polar surface area (TPSA) is 19.4 Å². The van der Waals surface area contributed by atoms with Gasteiger partial charge in [0.1, 0.15) is 0 Å². The Hall–Kier alpha value is -2.95. The summed E-state index contributed by atoms with van der Waals surface area (Å²) >= 11 is -0.522. The third kappa shape index (κ3) is 6.08. The van der Waals surface area contributed by atoms with E-state index in [1.807, 2.05) is 12.1 Å². The minimum atomic E-state index is -3.77. The first-order chi connectivity index (χ1) is 22.0. The number of pyridine rings is 1. The van der Waals surface area contributed by atoms with Crippen LogP contribution in [0.4, 0.5) is 11.4 Å². The van der Waals surface area contributed by atoms with Crippen molar-refractivity contribution in [2.75, 3.05) is 22.9 Å². The Balaban J connectivity index is 0.000000471. The summed E-state index contributed by atoms with van der Waals surface area (Å²) < 4.78 is 3.22. The first kappa shape index (κ1) is 33.0. The molecular formula is C39H38BrCl2N3Ru. The number of nitrogens with zero attached hydrogens (tertiary/aromatic N) is 3. The molecule has 238 valence electrons. The summed E-state index contributed by atoms with van der Waals surface area (Å²) in [4.78, 5) is 8.74. The molecule has 7 rings (SSSR count). The fourth-order valence-electron chi connectivity index (χ4n) is 6.98. The molecule has 1 saturated heterocycles. The second-order valence-electron chi connectivity index (χ2n) is 12.0. The van der Waals surface area contributed by atoms with Gasteiger partial charge in [-0.2, -0.15) is 0 Å². The molecule has 46 heavy (non-hydrogen) atoms. The third-order valence-corrected chi connectivity index (χ3v) is 15.8. The molecule has 0 radical (unpaired) electrons. The molecule has 0 N–H and O–H groups in total. The van der Waals surface area contributed by atoms with E-state index in [9.17, 15) is 0 Å². The molecule has 0 atom stereocenters. The maximum absolute atomic E-state index is 7.94. The van der Waals surface area contributed by atoms with Crippen molar-refractivity contribution >= 4 is 55.1 Å². The SMILES string of the molecule is Brc1cccnc1.Cc1cc(C)c(N2CCN(c3c(C)cc(C)cc3C)[C]2=[Ru]([Cl])([Cl])=[C]2c3ccccc3-c3ccccc32)c(C)c1. The first-order valence-electron chi connectivity index (χ1n) is 15.3. The van der Waals surface area contributed by atoms with E-state index >= 15 is 0 Å². The summed E-state index contributed by atoms with van der Waals surface area (Å²) in [6.45, 7) is 14.8. The molecule has 1 fully saturated rings. The van der Waals surface area contributed by atoms with Gasteiger partial charge in [0.15, 0.2) is 0 Å². The molecular weight excluding hydrogens is 762 g/mol. The maximum atomic E-state index is 7.94. The van der Waals surface area contributed by atoms with Crippen molar-refractivity contribution in [3.8, 4) is 11.1 Å². The number of anilines is 2. The molecule has 0 unspecified atom stereocenters. The molecule has 1 aromatic heterocycles. The fraction of sp³-hybridized carbons (Fsp3) is 0.205. The van der Waals surface area contributed by atoms with Crippen LogP contribution in [0.15, 0.2) is 102 Å². The average Bonchev–Trinajstić information content (AvgIpc) is 3.57. The standard InChI is InChI=1S/C21H26N2.C13H8.C5H4BrN.2ClH.Ru/c1-14-9-16(3)20(17(4)10-14)22-7-8-23(13-22)21-18(5)11-15(2)12-19(21)6;1-3-7-12-10(5-1)9-11-6-2-4-8-13(11)12;6-5-2-1-3-7-4-5;;;/h9-12H,7-8H2,1-6H3;1-8H;1-4H;2*1H;/q;;;;;+2/p-2. The summed E-state index contributed by atoms with van der Waals surface area (Å²) in [6, 6.07) is 30.1. The van der Waals surface area contributed by atoms with Gasteiger partial charge >= 0.3 is 244 Å². The van der Waals surface area contributed by atoms with Crippen LogP contribution in [-0.2, 0) is 11.9 Å². The zero-order chi connectivity index (χ0) is 32.7. The Morgan fingerprint density at radius 2 is 1.02 bits per heavy atom. The second-order valence-corrected chi connectivity index (χ2v) is 22.1. The summed E-state index contributed by atoms with van der Waals surface area (Å²) in [5.74, 6) is 0. The molecule has 4 aromatic carbocycles. The average molecular weight is 801 g/mol. The zero-order valence-electron chi connectivity index (χ0n) is 27.0. The van der Waals surface area contributed by atoms with Gasteiger partial charge in [0, 0.05) is 16.9 Å². The Labute approximate surface area is 291 Å². The van der Waals surface area contributed by atoms with E-state index < -0.39 is 11.9 Å². The van der Waals surface area contributed by atoms with Gasteiger partial charge in [-0.25, -0.2) is 0 Å². The van der Waals surface area contributed by atoms with Crippen LogP contribution in [0.5, 0.6) is 0 Å². The van der Waals surface area contributed by atoms with Crippen LogP contribution in [0, 0.1) is 41.5 Å². The van der Waals surface area contributed by atoms with Crippen molar-refractivity contribution in [3.05, 3.63) is 146 Å². The predicted octanol–water partition coefficient (Wildman–Crippen LogP) is 10.5. The van der Waals surface area contributed by atoms with E-state index in [-0.39, 0.29) is 0 Å². The van der Waals surface area contributed by atoms with Gasteiger partial charge in [-0.3, -0.25) is 4.98 Å². The molecule has 0 saturated carbocycles. The Morgan fingerprint density at radius 3 is 1.37 bits per heavy atom. The van der Waals surface area contributed by atoms with Gasteiger partial charge in [0.2, 0.25) is 0 Å². The van der Waals surface area contributed by atoms with Crippen molar-refractivity contribution in [3.63, 3.8) is 0 Å². The minimum absolute atomic E-state index is 0.839. The van der Waals surface area contributed by atoms with Crippen molar-refractivity contribution in [1.82, 2.24) is 4.98 Å². The van der Waals surface area contributed by atoms with E-state index in [1.54, 1.807) is 12.4 Å². The molecule has 2 heterocycles. The van der Waals surface area contributed by atoms with E-state index in [4.69, 9.17) is 19.4 Å². The number of hydrogen-bond donors (Lipinski definition) is 0. The molecule has 1 aliphatic carbocycles. The van der Waals surface area contributed by atoms with E-state index in [0.717, 1.165) is 26.0 Å². The summed E-state index contributed by atoms with van der Waals surface area (Å²) in [7, 11) is 15.9.